The van der Waals surface area contributed by atoms with Gasteiger partial charge in [0, 0.05) is 5.69 Å². The highest BCUT2D eigenvalue weighted by atomic mass is 16.5. The highest BCUT2D eigenvalue weighted by Gasteiger charge is 2.41. The van der Waals surface area contributed by atoms with Crippen molar-refractivity contribution in [2.24, 2.45) is 4.99 Å². The fourth-order valence-electron chi connectivity index (χ4n) is 7.04. The van der Waals surface area contributed by atoms with E-state index in [9.17, 15) is 19.2 Å². The van der Waals surface area contributed by atoms with E-state index in [2.05, 4.69) is 20.9 Å². The minimum atomic E-state index is -1.10. The molecule has 0 saturated heterocycles. The van der Waals surface area contributed by atoms with E-state index in [1.807, 2.05) is 96.1 Å². The Morgan fingerprint density at radius 2 is 1.25 bits per heavy atom. The molecule has 0 bridgehead atoms. The van der Waals surface area contributed by atoms with E-state index >= 15 is 0 Å². The number of aryl methyl sites for hydroxylation is 6. The van der Waals surface area contributed by atoms with Crippen molar-refractivity contribution >= 4 is 41.0 Å². The Morgan fingerprint density at radius 1 is 0.698 bits per heavy atom. The third-order valence-electron chi connectivity index (χ3n) is 9.53. The summed E-state index contributed by atoms with van der Waals surface area (Å²) >= 11 is 0. The summed E-state index contributed by atoms with van der Waals surface area (Å²) in [6.45, 7) is 11.8. The Bertz CT molecular complexity index is 1960. The molecule has 0 unspecified atom stereocenters. The van der Waals surface area contributed by atoms with E-state index in [1.54, 1.807) is 25.3 Å². The predicted molar refractivity (Wildman–Crippen MR) is 210 cm³/mol. The number of methoxy groups -OCH3 is 2. The van der Waals surface area contributed by atoms with Gasteiger partial charge in [-0.2, -0.15) is 4.99 Å². The van der Waals surface area contributed by atoms with Gasteiger partial charge in [0.1, 0.15) is 11.3 Å². The van der Waals surface area contributed by atoms with E-state index in [4.69, 9.17) is 9.47 Å². The summed E-state index contributed by atoms with van der Waals surface area (Å²) in [5, 5.41) is 8.84. The lowest BCUT2D eigenvalue weighted by Gasteiger charge is -2.31. The zero-order valence-corrected chi connectivity index (χ0v) is 32.0. The summed E-state index contributed by atoms with van der Waals surface area (Å²) in [6.07, 6.45) is 6.19. The highest BCUT2D eigenvalue weighted by Crippen LogP contribution is 2.32. The van der Waals surface area contributed by atoms with E-state index in [0.29, 0.717) is 24.2 Å². The van der Waals surface area contributed by atoms with Crippen LogP contribution in [0.1, 0.15) is 82.3 Å². The molecule has 53 heavy (non-hydrogen) atoms. The normalized spacial score (nSPS) is 13.2. The molecule has 1 saturated carbocycles. The van der Waals surface area contributed by atoms with Crippen LogP contribution >= 0.6 is 0 Å². The van der Waals surface area contributed by atoms with Crippen molar-refractivity contribution in [1.82, 2.24) is 5.32 Å². The van der Waals surface area contributed by atoms with Gasteiger partial charge in [0.25, 0.3) is 5.91 Å². The van der Waals surface area contributed by atoms with Gasteiger partial charge >= 0.3 is 12.0 Å². The highest BCUT2D eigenvalue weighted by molar-refractivity contribution is 6.08. The predicted octanol–water partition coefficient (Wildman–Crippen LogP) is 9.51. The summed E-state index contributed by atoms with van der Waals surface area (Å²) in [7, 11) is 2.95. The zero-order valence-electron chi connectivity index (χ0n) is 32.0. The second-order valence-corrected chi connectivity index (χ2v) is 13.7. The molecule has 10 nitrogen and oxygen atoms in total. The van der Waals surface area contributed by atoms with Gasteiger partial charge in [-0.1, -0.05) is 79.3 Å². The lowest BCUT2D eigenvalue weighted by atomic mass is 9.89. The van der Waals surface area contributed by atoms with Crippen LogP contribution in [0.3, 0.4) is 0 Å². The molecule has 1 aliphatic rings. The maximum atomic E-state index is 13.8. The van der Waals surface area contributed by atoms with E-state index in [-0.39, 0.29) is 5.56 Å². The third kappa shape index (κ3) is 10.2. The Balaban J connectivity index is 0.000000443. The molecule has 278 valence electrons. The quantitative estimate of drug-likeness (QED) is 0.0719. The number of aliphatic imine (C=N–C) groups is 1. The monoisotopic (exact) mass is 718 g/mol. The van der Waals surface area contributed by atoms with Gasteiger partial charge in [-0.05, 0) is 112 Å². The van der Waals surface area contributed by atoms with Crippen molar-refractivity contribution in [3.63, 3.8) is 0 Å². The number of hydrogen-bond donors (Lipinski definition) is 3. The van der Waals surface area contributed by atoms with Gasteiger partial charge < -0.3 is 25.4 Å². The number of carbonyl (C=O) groups is 3. The summed E-state index contributed by atoms with van der Waals surface area (Å²) < 4.78 is 10.4. The number of rotatable bonds is 8. The summed E-state index contributed by atoms with van der Waals surface area (Å²) in [6, 6.07) is 20.3. The number of isocyanates is 1. The van der Waals surface area contributed by atoms with Crippen molar-refractivity contribution in [1.29, 1.82) is 0 Å². The number of nitrogens with one attached hydrogen (secondary N) is 3. The van der Waals surface area contributed by atoms with Crippen LogP contribution in [-0.4, -0.2) is 43.7 Å². The number of carbonyl (C=O) groups excluding carboxylic acids is 4. The van der Waals surface area contributed by atoms with E-state index in [1.165, 1.54) is 12.7 Å². The first-order chi connectivity index (χ1) is 25.3. The fourth-order valence-corrected chi connectivity index (χ4v) is 7.04. The number of esters is 1. The van der Waals surface area contributed by atoms with Crippen molar-refractivity contribution in [2.45, 2.75) is 85.6 Å². The first kappa shape index (κ1) is 40.0. The van der Waals surface area contributed by atoms with Gasteiger partial charge in [0.15, 0.2) is 0 Å². The molecule has 0 heterocycles. The van der Waals surface area contributed by atoms with Gasteiger partial charge in [0.2, 0.25) is 6.08 Å². The molecule has 10 heteroatoms. The number of ether oxygens (including phenoxy) is 2. The summed E-state index contributed by atoms with van der Waals surface area (Å²) in [5.74, 6) is -0.167. The molecule has 4 aromatic rings. The van der Waals surface area contributed by atoms with Crippen LogP contribution in [0.25, 0.3) is 11.1 Å². The Morgan fingerprint density at radius 3 is 1.77 bits per heavy atom. The second kappa shape index (κ2) is 18.2. The van der Waals surface area contributed by atoms with Crippen LogP contribution in [-0.2, 0) is 14.3 Å². The van der Waals surface area contributed by atoms with Gasteiger partial charge in [0.05, 0.1) is 31.2 Å². The molecule has 3 N–H and O–H groups in total. The molecule has 0 atom stereocenters. The molecule has 0 radical (unpaired) electrons. The van der Waals surface area contributed by atoms with Crippen LogP contribution in [0.4, 0.5) is 21.9 Å². The lowest BCUT2D eigenvalue weighted by Crippen LogP contribution is -2.54. The molecule has 0 spiro atoms. The number of amides is 3. The van der Waals surface area contributed by atoms with Crippen LogP contribution in [0.2, 0.25) is 0 Å². The Kier molecular flexibility index (Phi) is 13.7. The second-order valence-electron chi connectivity index (χ2n) is 13.7. The number of anilines is 2. The molecule has 4 aromatic carbocycles. The molecule has 0 aliphatic heterocycles. The number of benzene rings is 4. The molecular weight excluding hydrogens is 668 g/mol. The summed E-state index contributed by atoms with van der Waals surface area (Å²) in [5.41, 5.74) is 8.85. The molecule has 1 fully saturated rings. The van der Waals surface area contributed by atoms with Crippen LogP contribution < -0.4 is 20.7 Å². The van der Waals surface area contributed by atoms with Crippen molar-refractivity contribution in [2.75, 3.05) is 24.9 Å². The Hall–Kier alpha value is -5.73. The number of urea groups is 1. The van der Waals surface area contributed by atoms with Crippen molar-refractivity contribution in [3.8, 4) is 16.9 Å². The first-order valence-electron chi connectivity index (χ1n) is 17.8. The topological polar surface area (TPSA) is 135 Å². The van der Waals surface area contributed by atoms with Crippen LogP contribution in [0.15, 0.2) is 71.7 Å². The van der Waals surface area contributed by atoms with E-state index in [0.717, 1.165) is 76.1 Å². The molecule has 0 aromatic heterocycles. The van der Waals surface area contributed by atoms with Crippen LogP contribution in [0.5, 0.6) is 5.75 Å². The molecule has 3 amide bonds. The smallest absolute Gasteiger partial charge is 0.331 e. The van der Waals surface area contributed by atoms with Gasteiger partial charge in [-0.3, -0.25) is 4.79 Å². The third-order valence-corrected chi connectivity index (χ3v) is 9.53. The number of nitrogens with zero attached hydrogens (tertiary/aromatic N) is 1. The van der Waals surface area contributed by atoms with Crippen LogP contribution in [0, 0.1) is 41.5 Å². The SMILES string of the molecule is COC(=O)C1(NC(=O)c2ccc(-c3ccc(OC)cc3)cc2NC(=O)Nc2c(C)cc(C)cc2C)CCCCCC1.Cc1cc(C)c(N=C=O)c(C)c1. The van der Waals surface area contributed by atoms with Gasteiger partial charge in [-0.15, -0.1) is 0 Å². The zero-order chi connectivity index (χ0) is 38.7. The molecule has 1 aliphatic carbocycles. The lowest BCUT2D eigenvalue weighted by molar-refractivity contribution is -0.148. The molecular formula is C43H50N4O6. The van der Waals surface area contributed by atoms with Gasteiger partial charge in [-0.25, -0.2) is 14.4 Å². The summed E-state index contributed by atoms with van der Waals surface area (Å²) in [4.78, 5) is 53.7. The standard InChI is InChI=1S/C33H39N3O5.C10H11NO/c1-21-18-22(2)29(23(3)19-21)35-32(39)34-28-20-25(24-10-13-26(40-4)14-11-24)12-15-27(28)30(37)36-33(31(38)41-5)16-8-6-7-9-17-33;1-7-4-8(2)10(11-6-12)9(3)5-7/h10-15,18-20H,6-9,16-17H2,1-5H3,(H,36,37)(H2,34,35,39);4-5H,1-3H3. The van der Waals surface area contributed by atoms with Crippen molar-refractivity contribution < 1.29 is 28.7 Å². The maximum absolute atomic E-state index is 13.8. The van der Waals surface area contributed by atoms with Crippen molar-refractivity contribution in [3.05, 3.63) is 106 Å². The fraction of sp³-hybridized carbons (Fsp3) is 0.349. The Labute approximate surface area is 312 Å². The maximum Gasteiger partial charge on any atom is 0.331 e. The van der Waals surface area contributed by atoms with E-state index < -0.39 is 23.4 Å². The minimum Gasteiger partial charge on any atom is -0.497 e. The first-order valence-corrected chi connectivity index (χ1v) is 17.8. The minimum absolute atomic E-state index is 0.252. The largest absolute Gasteiger partial charge is 0.497 e. The number of hydrogen-bond acceptors (Lipinski definition) is 7. The molecule has 5 rings (SSSR count). The average molecular weight is 719 g/mol. The average Bonchev–Trinajstić information content (AvgIpc) is 3.37.